The van der Waals surface area contributed by atoms with Gasteiger partial charge in [-0.05, 0) is 85.2 Å². The number of hydrogen-bond acceptors (Lipinski definition) is 7. The van der Waals surface area contributed by atoms with Crippen LogP contribution in [-0.2, 0) is 24.2 Å². The molecule has 0 spiro atoms. The second-order valence-electron chi connectivity index (χ2n) is 9.16. The Balaban J connectivity index is 1.11. The van der Waals surface area contributed by atoms with Gasteiger partial charge >= 0.3 is 5.97 Å². The molecule has 0 saturated heterocycles. The lowest BCUT2D eigenvalue weighted by molar-refractivity contribution is -0.137. The Labute approximate surface area is 210 Å². The number of nitrogens with one attached hydrogen (secondary N) is 1. The first-order chi connectivity index (χ1) is 17.6. The van der Waals surface area contributed by atoms with E-state index in [2.05, 4.69) is 23.3 Å². The fourth-order valence-electron chi connectivity index (χ4n) is 4.85. The fourth-order valence-corrected chi connectivity index (χ4v) is 4.85. The van der Waals surface area contributed by atoms with Gasteiger partial charge in [0, 0.05) is 18.3 Å². The third-order valence-electron chi connectivity index (χ3n) is 6.76. The summed E-state index contributed by atoms with van der Waals surface area (Å²) in [6, 6.07) is 11.8. The molecule has 0 fully saturated rings. The first-order valence-corrected chi connectivity index (χ1v) is 12.5. The molecular weight excluding hydrogens is 458 g/mol. The van der Waals surface area contributed by atoms with Crippen molar-refractivity contribution in [2.75, 3.05) is 19.9 Å². The van der Waals surface area contributed by atoms with Gasteiger partial charge in [-0.3, -0.25) is 4.79 Å². The monoisotopic (exact) mass is 489 g/mol. The van der Waals surface area contributed by atoms with Gasteiger partial charge in [-0.2, -0.15) is 0 Å². The van der Waals surface area contributed by atoms with Gasteiger partial charge in [0.2, 0.25) is 6.79 Å². The van der Waals surface area contributed by atoms with Crippen LogP contribution in [0.25, 0.3) is 11.4 Å². The van der Waals surface area contributed by atoms with Gasteiger partial charge in [-0.15, -0.1) is 0 Å². The van der Waals surface area contributed by atoms with Gasteiger partial charge < -0.3 is 24.6 Å². The Morgan fingerprint density at radius 2 is 2.08 bits per heavy atom. The molecule has 2 aromatic carbocycles. The number of nitrogens with zero attached hydrogens (tertiary/aromatic N) is 2. The molecule has 1 aromatic heterocycles. The Hall–Kier alpha value is -3.65. The van der Waals surface area contributed by atoms with E-state index in [1.54, 1.807) is 0 Å². The smallest absolute Gasteiger partial charge is 0.303 e. The first kappa shape index (κ1) is 24.1. The summed E-state index contributed by atoms with van der Waals surface area (Å²) in [5.41, 5.74) is 5.40. The minimum Gasteiger partial charge on any atom is -0.494 e. The van der Waals surface area contributed by atoms with Gasteiger partial charge in [0.15, 0.2) is 17.3 Å². The Bertz CT molecular complexity index is 1250. The van der Waals surface area contributed by atoms with E-state index in [1.165, 1.54) is 5.56 Å². The predicted molar refractivity (Wildman–Crippen MR) is 135 cm³/mol. The number of rotatable bonds is 11. The number of hydrogen-bond donors (Lipinski definition) is 2. The summed E-state index contributed by atoms with van der Waals surface area (Å²) in [6.07, 6.45) is 5.64. The number of aromatic nitrogens is 2. The molecule has 36 heavy (non-hydrogen) atoms. The standard InChI is InChI=1S/C28H31N3O5/c1-2-18-15-30-28(21-6-9-25-26(13-21)36-17-35-25)31-24(18)16-29-10-3-11-34-22-7-8-23-19(12-22)4-5-20(23)14-27(32)33/h6-9,12-13,15,20,29H,2-5,10-11,14,16-17H2,1H3,(H,32,33)/t20-/m0/s1. The van der Waals surface area contributed by atoms with E-state index >= 15 is 0 Å². The number of carboxylic acid groups (broad SMARTS) is 1. The summed E-state index contributed by atoms with van der Waals surface area (Å²) in [5, 5.41) is 12.6. The second-order valence-corrected chi connectivity index (χ2v) is 9.16. The maximum absolute atomic E-state index is 11.1. The molecule has 8 nitrogen and oxygen atoms in total. The normalized spacial score (nSPS) is 15.6. The molecule has 0 amide bonds. The first-order valence-electron chi connectivity index (χ1n) is 12.5. The van der Waals surface area contributed by atoms with E-state index in [0.717, 1.165) is 71.9 Å². The molecule has 8 heteroatoms. The number of carbonyl (C=O) groups is 1. The van der Waals surface area contributed by atoms with E-state index in [9.17, 15) is 4.79 Å². The van der Waals surface area contributed by atoms with Crippen LogP contribution in [0.1, 0.15) is 54.5 Å². The zero-order valence-electron chi connectivity index (χ0n) is 20.5. The third kappa shape index (κ3) is 5.44. The Morgan fingerprint density at radius 3 is 2.94 bits per heavy atom. The predicted octanol–water partition coefficient (Wildman–Crippen LogP) is 4.50. The van der Waals surface area contributed by atoms with Gasteiger partial charge in [0.05, 0.1) is 18.7 Å². The minimum absolute atomic E-state index is 0.121. The molecule has 5 rings (SSSR count). The molecular formula is C28H31N3O5. The number of benzene rings is 2. The maximum Gasteiger partial charge on any atom is 0.303 e. The molecule has 0 saturated carbocycles. The van der Waals surface area contributed by atoms with Crippen molar-refractivity contribution in [3.8, 4) is 28.6 Å². The number of ether oxygens (including phenoxy) is 3. The SMILES string of the molecule is CCc1cnc(-c2ccc3c(c2)OCO3)nc1CNCCCOc1ccc2c(c1)CC[C@H]2CC(=O)O. The summed E-state index contributed by atoms with van der Waals surface area (Å²) in [4.78, 5) is 20.4. The van der Waals surface area contributed by atoms with Crippen LogP contribution in [0.2, 0.25) is 0 Å². The summed E-state index contributed by atoms with van der Waals surface area (Å²) < 4.78 is 16.8. The summed E-state index contributed by atoms with van der Waals surface area (Å²) >= 11 is 0. The quantitative estimate of drug-likeness (QED) is 0.380. The van der Waals surface area contributed by atoms with E-state index in [1.807, 2.05) is 36.5 Å². The molecule has 2 aliphatic rings. The van der Waals surface area contributed by atoms with Crippen LogP contribution in [0.3, 0.4) is 0 Å². The van der Waals surface area contributed by atoms with Crippen molar-refractivity contribution >= 4 is 5.97 Å². The molecule has 1 atom stereocenters. The highest BCUT2D eigenvalue weighted by Gasteiger charge is 2.25. The van der Waals surface area contributed by atoms with E-state index in [-0.39, 0.29) is 19.1 Å². The molecule has 2 N–H and O–H groups in total. The Kier molecular flexibility index (Phi) is 7.32. The van der Waals surface area contributed by atoms with Crippen molar-refractivity contribution in [1.29, 1.82) is 0 Å². The molecule has 2 heterocycles. The summed E-state index contributed by atoms with van der Waals surface area (Å²) in [7, 11) is 0. The lowest BCUT2D eigenvalue weighted by Crippen LogP contribution is -2.19. The maximum atomic E-state index is 11.1. The Morgan fingerprint density at radius 1 is 1.19 bits per heavy atom. The molecule has 0 radical (unpaired) electrons. The third-order valence-corrected chi connectivity index (χ3v) is 6.76. The van der Waals surface area contributed by atoms with Gasteiger partial charge in [-0.25, -0.2) is 9.97 Å². The van der Waals surface area contributed by atoms with Crippen LogP contribution in [0.15, 0.2) is 42.6 Å². The van der Waals surface area contributed by atoms with Crippen molar-refractivity contribution < 1.29 is 24.1 Å². The summed E-state index contributed by atoms with van der Waals surface area (Å²) in [5.74, 6) is 2.37. The van der Waals surface area contributed by atoms with E-state index < -0.39 is 5.97 Å². The number of aliphatic carboxylic acids is 1. The molecule has 188 valence electrons. The van der Waals surface area contributed by atoms with Gasteiger partial charge in [-0.1, -0.05) is 13.0 Å². The highest BCUT2D eigenvalue weighted by molar-refractivity contribution is 5.68. The number of aryl methyl sites for hydroxylation is 2. The highest BCUT2D eigenvalue weighted by Crippen LogP contribution is 2.37. The van der Waals surface area contributed by atoms with Crippen LogP contribution < -0.4 is 19.5 Å². The number of carboxylic acids is 1. The highest BCUT2D eigenvalue weighted by atomic mass is 16.7. The largest absolute Gasteiger partial charge is 0.494 e. The molecule has 1 aliphatic heterocycles. The van der Waals surface area contributed by atoms with Crippen molar-refractivity contribution in [1.82, 2.24) is 15.3 Å². The average Bonchev–Trinajstić information content (AvgIpc) is 3.52. The molecule has 0 unspecified atom stereocenters. The van der Waals surface area contributed by atoms with E-state index in [0.29, 0.717) is 19.0 Å². The fraction of sp³-hybridized carbons (Fsp3) is 0.393. The molecule has 1 aliphatic carbocycles. The average molecular weight is 490 g/mol. The van der Waals surface area contributed by atoms with Crippen LogP contribution >= 0.6 is 0 Å². The van der Waals surface area contributed by atoms with Crippen molar-refractivity contribution in [3.63, 3.8) is 0 Å². The summed E-state index contributed by atoms with van der Waals surface area (Å²) in [6.45, 7) is 4.42. The van der Waals surface area contributed by atoms with Crippen molar-refractivity contribution in [3.05, 3.63) is 65.0 Å². The lowest BCUT2D eigenvalue weighted by atomic mass is 9.98. The van der Waals surface area contributed by atoms with Crippen LogP contribution in [0.5, 0.6) is 17.2 Å². The topological polar surface area (TPSA) is 103 Å². The second kappa shape index (κ2) is 11.0. The van der Waals surface area contributed by atoms with E-state index in [4.69, 9.17) is 24.3 Å². The number of fused-ring (bicyclic) bond motifs is 2. The minimum atomic E-state index is -0.738. The van der Waals surface area contributed by atoms with Crippen LogP contribution in [0, 0.1) is 0 Å². The van der Waals surface area contributed by atoms with Gasteiger partial charge in [0.1, 0.15) is 5.75 Å². The van der Waals surface area contributed by atoms with Gasteiger partial charge in [0.25, 0.3) is 0 Å². The van der Waals surface area contributed by atoms with Crippen LogP contribution in [-0.4, -0.2) is 41.0 Å². The zero-order chi connectivity index (χ0) is 24.9. The molecule has 0 bridgehead atoms. The van der Waals surface area contributed by atoms with Crippen molar-refractivity contribution in [2.24, 2.45) is 0 Å². The van der Waals surface area contributed by atoms with Crippen LogP contribution in [0.4, 0.5) is 0 Å². The molecule has 3 aromatic rings. The lowest BCUT2D eigenvalue weighted by Gasteiger charge is -2.12. The zero-order valence-corrected chi connectivity index (χ0v) is 20.5. The van der Waals surface area contributed by atoms with Crippen molar-refractivity contribution in [2.45, 2.75) is 51.5 Å².